The number of ether oxygens (including phenoxy) is 1. The van der Waals surface area contributed by atoms with Gasteiger partial charge in [0.25, 0.3) is 0 Å². The van der Waals surface area contributed by atoms with Crippen molar-refractivity contribution in [2.75, 3.05) is 13.2 Å². The summed E-state index contributed by atoms with van der Waals surface area (Å²) in [6, 6.07) is 0.533. The van der Waals surface area contributed by atoms with Gasteiger partial charge in [-0.1, -0.05) is 13.8 Å². The summed E-state index contributed by atoms with van der Waals surface area (Å²) < 4.78 is 5.23. The van der Waals surface area contributed by atoms with Crippen LogP contribution >= 0.6 is 0 Å². The molecule has 1 aliphatic rings. The molecule has 0 atom stereocenters. The van der Waals surface area contributed by atoms with Gasteiger partial charge in [0.05, 0.1) is 6.04 Å². The van der Waals surface area contributed by atoms with Crippen molar-refractivity contribution in [2.24, 2.45) is 10.9 Å². The Labute approximate surface area is 68.7 Å². The van der Waals surface area contributed by atoms with Crippen LogP contribution in [0.5, 0.6) is 0 Å². The van der Waals surface area contributed by atoms with Crippen LogP contribution in [0.15, 0.2) is 4.99 Å². The second-order valence-corrected chi connectivity index (χ2v) is 3.39. The molecule has 0 bridgehead atoms. The Balaban J connectivity index is 2.23. The number of hydrogen-bond donors (Lipinski definition) is 0. The summed E-state index contributed by atoms with van der Waals surface area (Å²) in [5.41, 5.74) is 0. The van der Waals surface area contributed by atoms with Gasteiger partial charge < -0.3 is 4.74 Å². The van der Waals surface area contributed by atoms with Crippen LogP contribution in [0.25, 0.3) is 0 Å². The van der Waals surface area contributed by atoms with E-state index in [0.29, 0.717) is 12.0 Å². The molecule has 0 radical (unpaired) electrons. The van der Waals surface area contributed by atoms with Crippen LogP contribution < -0.4 is 0 Å². The predicted molar refractivity (Wildman–Crippen MR) is 47.2 cm³/mol. The van der Waals surface area contributed by atoms with E-state index >= 15 is 0 Å². The minimum atomic E-state index is 0.533. The van der Waals surface area contributed by atoms with Crippen LogP contribution in [0, 0.1) is 5.92 Å². The van der Waals surface area contributed by atoms with Crippen molar-refractivity contribution in [1.82, 2.24) is 0 Å². The first-order valence-corrected chi connectivity index (χ1v) is 4.40. The van der Waals surface area contributed by atoms with Gasteiger partial charge in [-0.25, -0.2) is 0 Å². The van der Waals surface area contributed by atoms with Gasteiger partial charge in [0.15, 0.2) is 0 Å². The largest absolute Gasteiger partial charge is 0.381 e. The molecule has 2 nitrogen and oxygen atoms in total. The van der Waals surface area contributed by atoms with Crippen LogP contribution in [0.3, 0.4) is 0 Å². The highest BCUT2D eigenvalue weighted by molar-refractivity contribution is 5.59. The summed E-state index contributed by atoms with van der Waals surface area (Å²) in [4.78, 5) is 4.48. The first kappa shape index (κ1) is 8.72. The molecular formula is C9H17NO. The van der Waals surface area contributed by atoms with Crippen molar-refractivity contribution in [3.8, 4) is 0 Å². The van der Waals surface area contributed by atoms with E-state index in [1.165, 1.54) is 0 Å². The van der Waals surface area contributed by atoms with E-state index in [-0.39, 0.29) is 0 Å². The number of nitrogens with zero attached hydrogens (tertiary/aromatic N) is 1. The lowest BCUT2D eigenvalue weighted by Gasteiger charge is -2.18. The molecular weight excluding hydrogens is 138 g/mol. The molecule has 0 aromatic heterocycles. The van der Waals surface area contributed by atoms with Crippen LogP contribution in [0.4, 0.5) is 0 Å². The fraction of sp³-hybridized carbons (Fsp3) is 0.889. The average molecular weight is 155 g/mol. The first-order chi connectivity index (χ1) is 5.29. The van der Waals surface area contributed by atoms with E-state index < -0.39 is 0 Å². The average Bonchev–Trinajstić information content (AvgIpc) is 2.03. The number of rotatable bonds is 2. The minimum absolute atomic E-state index is 0.533. The molecule has 0 amide bonds. The smallest absolute Gasteiger partial charge is 0.0539 e. The molecule has 0 aromatic carbocycles. The van der Waals surface area contributed by atoms with Crippen LogP contribution in [-0.2, 0) is 4.74 Å². The summed E-state index contributed by atoms with van der Waals surface area (Å²) in [6.07, 6.45) is 4.25. The van der Waals surface area contributed by atoms with E-state index in [1.54, 1.807) is 0 Å². The zero-order valence-corrected chi connectivity index (χ0v) is 7.42. The maximum Gasteiger partial charge on any atom is 0.0539 e. The van der Waals surface area contributed by atoms with E-state index in [2.05, 4.69) is 25.1 Å². The molecule has 0 aliphatic carbocycles. The maximum atomic E-state index is 5.23. The monoisotopic (exact) mass is 155 g/mol. The summed E-state index contributed by atoms with van der Waals surface area (Å²) in [5, 5.41) is 0. The van der Waals surface area contributed by atoms with Crippen molar-refractivity contribution < 1.29 is 4.74 Å². The van der Waals surface area contributed by atoms with E-state index in [1.807, 2.05) is 0 Å². The predicted octanol–water partition coefficient (Wildman–Crippen LogP) is 1.89. The topological polar surface area (TPSA) is 21.6 Å². The van der Waals surface area contributed by atoms with Gasteiger partial charge in [-0.2, -0.15) is 0 Å². The number of aliphatic imine (C=N–C) groups is 1. The lowest BCUT2D eigenvalue weighted by molar-refractivity contribution is 0.0871. The van der Waals surface area contributed by atoms with Crippen LogP contribution in [0.2, 0.25) is 0 Å². The van der Waals surface area contributed by atoms with Crippen molar-refractivity contribution >= 4 is 6.21 Å². The fourth-order valence-corrected chi connectivity index (χ4v) is 1.13. The third kappa shape index (κ3) is 3.51. The molecule has 1 aliphatic heterocycles. The second kappa shape index (κ2) is 4.50. The molecule has 0 spiro atoms. The molecule has 64 valence electrons. The SMILES string of the molecule is CC(C)C=NC1CCOCC1. The van der Waals surface area contributed by atoms with Gasteiger partial charge in [-0.15, -0.1) is 0 Å². The van der Waals surface area contributed by atoms with Crippen molar-refractivity contribution in [3.63, 3.8) is 0 Å². The van der Waals surface area contributed by atoms with E-state index in [0.717, 1.165) is 26.1 Å². The Morgan fingerprint density at radius 1 is 1.36 bits per heavy atom. The third-order valence-corrected chi connectivity index (χ3v) is 1.79. The highest BCUT2D eigenvalue weighted by atomic mass is 16.5. The summed E-state index contributed by atoms with van der Waals surface area (Å²) in [5.74, 6) is 0.581. The molecule has 11 heavy (non-hydrogen) atoms. The highest BCUT2D eigenvalue weighted by Crippen LogP contribution is 2.09. The maximum absolute atomic E-state index is 5.23. The van der Waals surface area contributed by atoms with Gasteiger partial charge in [0.2, 0.25) is 0 Å². The Kier molecular flexibility index (Phi) is 3.57. The lowest BCUT2D eigenvalue weighted by Crippen LogP contribution is -2.18. The van der Waals surface area contributed by atoms with E-state index in [4.69, 9.17) is 4.74 Å². The Hall–Kier alpha value is -0.370. The molecule has 1 fully saturated rings. The Morgan fingerprint density at radius 3 is 2.55 bits per heavy atom. The normalized spacial score (nSPS) is 21.7. The molecule has 0 unspecified atom stereocenters. The molecule has 1 rings (SSSR count). The third-order valence-electron chi connectivity index (χ3n) is 1.79. The van der Waals surface area contributed by atoms with Crippen molar-refractivity contribution in [3.05, 3.63) is 0 Å². The second-order valence-electron chi connectivity index (χ2n) is 3.39. The van der Waals surface area contributed by atoms with Crippen molar-refractivity contribution in [2.45, 2.75) is 32.7 Å². The first-order valence-electron chi connectivity index (χ1n) is 4.40. The molecule has 1 heterocycles. The Bertz CT molecular complexity index is 126. The van der Waals surface area contributed by atoms with Crippen LogP contribution in [0.1, 0.15) is 26.7 Å². The number of hydrogen-bond acceptors (Lipinski definition) is 2. The summed E-state index contributed by atoms with van der Waals surface area (Å²) in [6.45, 7) is 6.09. The zero-order chi connectivity index (χ0) is 8.10. The van der Waals surface area contributed by atoms with E-state index in [9.17, 15) is 0 Å². The highest BCUT2D eigenvalue weighted by Gasteiger charge is 2.10. The summed E-state index contributed by atoms with van der Waals surface area (Å²) in [7, 11) is 0. The molecule has 0 aromatic rings. The molecule has 0 saturated carbocycles. The van der Waals surface area contributed by atoms with Crippen LogP contribution in [-0.4, -0.2) is 25.5 Å². The van der Waals surface area contributed by atoms with Gasteiger partial charge in [0.1, 0.15) is 0 Å². The van der Waals surface area contributed by atoms with Gasteiger partial charge in [0, 0.05) is 19.4 Å². The molecule has 0 N–H and O–H groups in total. The zero-order valence-electron chi connectivity index (χ0n) is 7.42. The molecule has 2 heteroatoms. The standard InChI is InChI=1S/C9H17NO/c1-8(2)7-10-9-3-5-11-6-4-9/h7-9H,3-6H2,1-2H3. The quantitative estimate of drug-likeness (QED) is 0.558. The lowest BCUT2D eigenvalue weighted by atomic mass is 10.1. The van der Waals surface area contributed by atoms with Gasteiger partial charge in [-0.05, 0) is 18.8 Å². The Morgan fingerprint density at radius 2 is 2.00 bits per heavy atom. The minimum Gasteiger partial charge on any atom is -0.381 e. The summed E-state index contributed by atoms with van der Waals surface area (Å²) >= 11 is 0. The fourth-order valence-electron chi connectivity index (χ4n) is 1.13. The van der Waals surface area contributed by atoms with Crippen molar-refractivity contribution in [1.29, 1.82) is 0 Å². The van der Waals surface area contributed by atoms with Gasteiger partial charge in [-0.3, -0.25) is 4.99 Å². The molecule has 1 saturated heterocycles. The van der Waals surface area contributed by atoms with Gasteiger partial charge >= 0.3 is 0 Å².